The van der Waals surface area contributed by atoms with Gasteiger partial charge in [0.05, 0.1) is 5.41 Å². The number of carbonyl (C=O) groups is 3. The van der Waals surface area contributed by atoms with E-state index in [4.69, 9.17) is 4.74 Å². The van der Waals surface area contributed by atoms with E-state index in [0.717, 1.165) is 32.1 Å². The van der Waals surface area contributed by atoms with E-state index in [1.807, 2.05) is 0 Å². The van der Waals surface area contributed by atoms with Crippen molar-refractivity contribution in [2.24, 2.45) is 17.3 Å². The summed E-state index contributed by atoms with van der Waals surface area (Å²) in [6.45, 7) is 4.69. The quantitative estimate of drug-likeness (QED) is 0.720. The summed E-state index contributed by atoms with van der Waals surface area (Å²) in [6.07, 6.45) is 3.99. The predicted octanol–water partition coefficient (Wildman–Crippen LogP) is 3.48. The van der Waals surface area contributed by atoms with Crippen LogP contribution in [0.25, 0.3) is 0 Å². The molecule has 30 heavy (non-hydrogen) atoms. The summed E-state index contributed by atoms with van der Waals surface area (Å²) in [4.78, 5) is 37.5. The third kappa shape index (κ3) is 3.82. The average Bonchev–Trinajstić information content (AvgIpc) is 2.62. The molecule has 0 aromatic heterocycles. The summed E-state index contributed by atoms with van der Waals surface area (Å²) in [5.74, 6) is -0.541. The molecule has 3 unspecified atom stereocenters. The number of anilines is 1. The number of carbonyl (C=O) groups excluding carboxylic acids is 3. The van der Waals surface area contributed by atoms with Crippen LogP contribution in [0.4, 0.5) is 10.1 Å². The lowest BCUT2D eigenvalue weighted by Crippen LogP contribution is -2.65. The van der Waals surface area contributed by atoms with E-state index in [2.05, 4.69) is 10.6 Å². The first-order valence-corrected chi connectivity index (χ1v) is 10.7. The van der Waals surface area contributed by atoms with Crippen molar-refractivity contribution in [3.05, 3.63) is 29.6 Å². The average molecular weight is 416 g/mol. The van der Waals surface area contributed by atoms with Gasteiger partial charge in [0.25, 0.3) is 5.91 Å². The molecule has 0 aliphatic heterocycles. The number of hydrogen-bond donors (Lipinski definition) is 2. The van der Waals surface area contributed by atoms with Crippen LogP contribution in [0.2, 0.25) is 0 Å². The second kappa shape index (κ2) is 7.36. The van der Waals surface area contributed by atoms with Crippen molar-refractivity contribution in [3.63, 3.8) is 0 Å². The van der Waals surface area contributed by atoms with Gasteiger partial charge in [0.2, 0.25) is 5.91 Å². The van der Waals surface area contributed by atoms with E-state index in [-0.39, 0.29) is 17.4 Å². The fourth-order valence-electron chi connectivity index (χ4n) is 6.27. The van der Waals surface area contributed by atoms with Gasteiger partial charge in [0.15, 0.2) is 6.10 Å². The standard InChI is InChI=1S/C23H29FN2O4/c1-13-4-5-18(7-19(13)24)25-20(28)14(2)30-21(29)22-8-16-6-17(9-22)11-23(10-16,12-22)26-15(3)27/h4-5,7,14,16-17H,6,8-12H2,1-3H3,(H,25,28)(H,26,27). The Kier molecular flexibility index (Phi) is 5.11. The molecule has 0 radical (unpaired) electrons. The highest BCUT2D eigenvalue weighted by molar-refractivity contribution is 5.95. The van der Waals surface area contributed by atoms with Gasteiger partial charge in [-0.05, 0) is 81.9 Å². The van der Waals surface area contributed by atoms with Crippen molar-refractivity contribution < 1.29 is 23.5 Å². The Morgan fingerprint density at radius 3 is 2.43 bits per heavy atom. The first-order valence-electron chi connectivity index (χ1n) is 10.7. The molecule has 4 aliphatic rings. The van der Waals surface area contributed by atoms with Crippen molar-refractivity contribution in [1.29, 1.82) is 0 Å². The van der Waals surface area contributed by atoms with Gasteiger partial charge in [-0.15, -0.1) is 0 Å². The van der Waals surface area contributed by atoms with E-state index < -0.39 is 23.2 Å². The highest BCUT2D eigenvalue weighted by Crippen LogP contribution is 2.62. The largest absolute Gasteiger partial charge is 0.452 e. The monoisotopic (exact) mass is 416 g/mol. The SMILES string of the molecule is CC(=O)NC12CC3CC(C1)CC(C(=O)OC(C)C(=O)Nc1ccc(C)c(F)c1)(C3)C2. The van der Waals surface area contributed by atoms with Gasteiger partial charge in [-0.3, -0.25) is 14.4 Å². The van der Waals surface area contributed by atoms with E-state index in [1.54, 1.807) is 19.1 Å². The van der Waals surface area contributed by atoms with Crippen LogP contribution in [0.5, 0.6) is 0 Å². The van der Waals surface area contributed by atoms with Crippen molar-refractivity contribution in [2.75, 3.05) is 5.32 Å². The van der Waals surface area contributed by atoms with Gasteiger partial charge >= 0.3 is 5.97 Å². The first kappa shape index (κ1) is 20.8. The van der Waals surface area contributed by atoms with E-state index in [0.29, 0.717) is 29.5 Å². The van der Waals surface area contributed by atoms with Crippen molar-refractivity contribution >= 4 is 23.5 Å². The normalized spacial score (nSPS) is 32.4. The Bertz CT molecular complexity index is 885. The zero-order valence-electron chi connectivity index (χ0n) is 17.7. The molecule has 6 nitrogen and oxygen atoms in total. The summed E-state index contributed by atoms with van der Waals surface area (Å²) in [5, 5.41) is 5.73. The number of ether oxygens (including phenoxy) is 1. The smallest absolute Gasteiger partial charge is 0.312 e. The molecule has 5 rings (SSSR count). The molecule has 4 bridgehead atoms. The molecule has 1 aromatic rings. The molecule has 0 spiro atoms. The highest BCUT2D eigenvalue weighted by Gasteiger charge is 2.61. The second-order valence-corrected chi connectivity index (χ2v) is 9.70. The lowest BCUT2D eigenvalue weighted by molar-refractivity contribution is -0.181. The van der Waals surface area contributed by atoms with Crippen LogP contribution in [-0.2, 0) is 19.1 Å². The van der Waals surface area contributed by atoms with Crippen LogP contribution >= 0.6 is 0 Å². The number of halogens is 1. The summed E-state index contributed by atoms with van der Waals surface area (Å²) in [6, 6.07) is 4.44. The van der Waals surface area contributed by atoms with Gasteiger partial charge in [-0.25, -0.2) is 4.39 Å². The number of aryl methyl sites for hydroxylation is 1. The van der Waals surface area contributed by atoms with E-state index in [9.17, 15) is 18.8 Å². The van der Waals surface area contributed by atoms with Crippen molar-refractivity contribution in [1.82, 2.24) is 5.32 Å². The molecule has 7 heteroatoms. The summed E-state index contributed by atoms with van der Waals surface area (Å²) < 4.78 is 19.3. The summed E-state index contributed by atoms with van der Waals surface area (Å²) >= 11 is 0. The third-order valence-electron chi connectivity index (χ3n) is 7.03. The van der Waals surface area contributed by atoms with Gasteiger partial charge in [-0.2, -0.15) is 0 Å². The molecule has 4 aliphatic carbocycles. The number of benzene rings is 1. The number of rotatable bonds is 5. The summed E-state index contributed by atoms with van der Waals surface area (Å²) in [7, 11) is 0. The minimum Gasteiger partial charge on any atom is -0.452 e. The molecule has 2 N–H and O–H groups in total. The molecule has 4 fully saturated rings. The molecule has 0 saturated heterocycles. The predicted molar refractivity (Wildman–Crippen MR) is 109 cm³/mol. The maximum Gasteiger partial charge on any atom is 0.312 e. The zero-order chi connectivity index (χ0) is 21.7. The molecule has 1 aromatic carbocycles. The first-order chi connectivity index (χ1) is 14.1. The molecule has 0 heterocycles. The van der Waals surface area contributed by atoms with Crippen LogP contribution in [0.1, 0.15) is 57.9 Å². The number of esters is 1. The molecule has 4 saturated carbocycles. The molecule has 3 atom stereocenters. The topological polar surface area (TPSA) is 84.5 Å². The Labute approximate surface area is 175 Å². The van der Waals surface area contributed by atoms with Gasteiger partial charge < -0.3 is 15.4 Å². The maximum atomic E-state index is 13.7. The molecular weight excluding hydrogens is 387 g/mol. The van der Waals surface area contributed by atoms with Gasteiger partial charge in [0.1, 0.15) is 5.82 Å². The maximum absolute atomic E-state index is 13.7. The van der Waals surface area contributed by atoms with Crippen LogP contribution in [-0.4, -0.2) is 29.4 Å². The summed E-state index contributed by atoms with van der Waals surface area (Å²) in [5.41, 5.74) is -0.163. The second-order valence-electron chi connectivity index (χ2n) is 9.70. The minimum absolute atomic E-state index is 0.0708. The number of amides is 2. The molecule has 162 valence electrons. The molecular formula is C23H29FN2O4. The van der Waals surface area contributed by atoms with Gasteiger partial charge in [-0.1, -0.05) is 6.07 Å². The third-order valence-corrected chi connectivity index (χ3v) is 7.03. The van der Waals surface area contributed by atoms with Crippen molar-refractivity contribution in [2.45, 2.75) is 70.9 Å². The highest BCUT2D eigenvalue weighted by atomic mass is 19.1. The van der Waals surface area contributed by atoms with Gasteiger partial charge in [0, 0.05) is 18.2 Å². The Hall–Kier alpha value is -2.44. The Morgan fingerprint density at radius 2 is 1.83 bits per heavy atom. The number of hydrogen-bond acceptors (Lipinski definition) is 4. The van der Waals surface area contributed by atoms with Crippen LogP contribution in [0.15, 0.2) is 18.2 Å². The minimum atomic E-state index is -0.994. The van der Waals surface area contributed by atoms with E-state index >= 15 is 0 Å². The van der Waals surface area contributed by atoms with Crippen LogP contribution in [0.3, 0.4) is 0 Å². The lowest BCUT2D eigenvalue weighted by atomic mass is 9.47. The fourth-order valence-corrected chi connectivity index (χ4v) is 6.27. The fraction of sp³-hybridized carbons (Fsp3) is 0.609. The zero-order valence-corrected chi connectivity index (χ0v) is 17.7. The number of nitrogens with one attached hydrogen (secondary N) is 2. The van der Waals surface area contributed by atoms with Crippen molar-refractivity contribution in [3.8, 4) is 0 Å². The lowest BCUT2D eigenvalue weighted by Gasteiger charge is -2.60. The Balaban J connectivity index is 1.44. The Morgan fingerprint density at radius 1 is 1.17 bits per heavy atom. The van der Waals surface area contributed by atoms with Crippen LogP contribution in [0, 0.1) is 30.0 Å². The van der Waals surface area contributed by atoms with Crippen LogP contribution < -0.4 is 10.6 Å². The molecule has 2 amide bonds. The van der Waals surface area contributed by atoms with E-state index in [1.165, 1.54) is 19.9 Å².